The molecule has 0 saturated carbocycles. The van der Waals surface area contributed by atoms with Gasteiger partial charge in [0.25, 0.3) is 0 Å². The highest BCUT2D eigenvalue weighted by Crippen LogP contribution is 2.27. The van der Waals surface area contributed by atoms with Gasteiger partial charge >= 0.3 is 0 Å². The quantitative estimate of drug-likeness (QED) is 0.663. The van der Waals surface area contributed by atoms with E-state index in [-0.39, 0.29) is 10.8 Å². The van der Waals surface area contributed by atoms with Gasteiger partial charge in [-0.1, -0.05) is 41.4 Å². The summed E-state index contributed by atoms with van der Waals surface area (Å²) in [5.41, 5.74) is 7.04. The molecule has 0 aliphatic carbocycles. The molecule has 2 rings (SSSR count). The van der Waals surface area contributed by atoms with Gasteiger partial charge in [-0.15, -0.1) is 0 Å². The van der Waals surface area contributed by atoms with E-state index in [0.717, 1.165) is 0 Å². The molecule has 2 nitrogen and oxygen atoms in total. The molecular weight excluding hydrogens is 257 g/mol. The van der Waals surface area contributed by atoms with Crippen molar-refractivity contribution in [1.29, 1.82) is 0 Å². The third-order valence-corrected chi connectivity index (χ3v) is 3.16. The molecule has 4 heteroatoms. The summed E-state index contributed by atoms with van der Waals surface area (Å²) >= 11 is 11.9. The van der Waals surface area contributed by atoms with Crippen LogP contribution in [0.1, 0.15) is 15.9 Å². The third-order valence-electron chi connectivity index (χ3n) is 2.35. The molecule has 0 spiro atoms. The fourth-order valence-electron chi connectivity index (χ4n) is 1.51. The molecule has 0 unspecified atom stereocenters. The zero-order chi connectivity index (χ0) is 12.4. The number of benzene rings is 2. The van der Waals surface area contributed by atoms with E-state index in [1.54, 1.807) is 42.5 Å². The highest BCUT2D eigenvalue weighted by Gasteiger charge is 2.14. The summed E-state index contributed by atoms with van der Waals surface area (Å²) in [5, 5.41) is 0.628. The van der Waals surface area contributed by atoms with Gasteiger partial charge in [0, 0.05) is 16.8 Å². The Kier molecular flexibility index (Phi) is 3.36. The molecule has 0 aliphatic heterocycles. The van der Waals surface area contributed by atoms with E-state index in [2.05, 4.69) is 0 Å². The molecule has 2 N–H and O–H groups in total. The van der Waals surface area contributed by atoms with Crippen LogP contribution in [0.2, 0.25) is 10.0 Å². The maximum absolute atomic E-state index is 12.2. The molecule has 2 aromatic rings. The Balaban J connectivity index is 2.48. The van der Waals surface area contributed by atoms with Crippen LogP contribution < -0.4 is 5.73 Å². The topological polar surface area (TPSA) is 43.1 Å². The molecule has 0 radical (unpaired) electrons. The second-order valence-corrected chi connectivity index (χ2v) is 4.34. The minimum atomic E-state index is -0.190. The van der Waals surface area contributed by atoms with E-state index in [1.807, 2.05) is 0 Å². The summed E-state index contributed by atoms with van der Waals surface area (Å²) < 4.78 is 0. The standard InChI is InChI=1S/C13H9Cl2NO/c14-11-6-2-5-10(12(11)15)13(17)8-3-1-4-9(16)7-8/h1-7H,16H2. The number of nitrogen functional groups attached to an aromatic ring is 1. The first kappa shape index (κ1) is 12.0. The highest BCUT2D eigenvalue weighted by molar-refractivity contribution is 6.44. The van der Waals surface area contributed by atoms with Crippen molar-refractivity contribution < 1.29 is 4.79 Å². The van der Waals surface area contributed by atoms with Crippen LogP contribution in [0, 0.1) is 0 Å². The Morgan fingerprint density at radius 2 is 1.76 bits per heavy atom. The first-order valence-electron chi connectivity index (χ1n) is 4.94. The Bertz CT molecular complexity index is 581. The minimum absolute atomic E-state index is 0.190. The molecule has 0 heterocycles. The first-order valence-corrected chi connectivity index (χ1v) is 5.69. The number of anilines is 1. The molecule has 0 aliphatic rings. The highest BCUT2D eigenvalue weighted by atomic mass is 35.5. The number of rotatable bonds is 2. The van der Waals surface area contributed by atoms with Crippen molar-refractivity contribution in [3.05, 3.63) is 63.6 Å². The van der Waals surface area contributed by atoms with Crippen LogP contribution in [-0.2, 0) is 0 Å². The van der Waals surface area contributed by atoms with Gasteiger partial charge in [0.15, 0.2) is 5.78 Å². The van der Waals surface area contributed by atoms with E-state index in [1.165, 1.54) is 0 Å². The lowest BCUT2D eigenvalue weighted by atomic mass is 10.0. The number of ketones is 1. The fourth-order valence-corrected chi connectivity index (χ4v) is 1.90. The van der Waals surface area contributed by atoms with Gasteiger partial charge in [-0.05, 0) is 24.3 Å². The van der Waals surface area contributed by atoms with Crippen molar-refractivity contribution >= 4 is 34.7 Å². The zero-order valence-corrected chi connectivity index (χ0v) is 10.3. The number of carbonyl (C=O) groups excluding carboxylic acids is 1. The van der Waals surface area contributed by atoms with Gasteiger partial charge in [-0.3, -0.25) is 4.79 Å². The average molecular weight is 266 g/mol. The summed E-state index contributed by atoms with van der Waals surface area (Å²) in [6.07, 6.45) is 0. The average Bonchev–Trinajstić information content (AvgIpc) is 2.32. The lowest BCUT2D eigenvalue weighted by Gasteiger charge is -2.05. The van der Waals surface area contributed by atoms with Gasteiger partial charge in [0.05, 0.1) is 10.0 Å². The minimum Gasteiger partial charge on any atom is -0.399 e. The predicted molar refractivity (Wildman–Crippen MR) is 70.7 cm³/mol. The Hall–Kier alpha value is -1.51. The number of nitrogens with two attached hydrogens (primary N) is 1. The smallest absolute Gasteiger partial charge is 0.194 e. The summed E-state index contributed by atoms with van der Waals surface area (Å²) in [6, 6.07) is 11.7. The molecule has 2 aromatic carbocycles. The number of halogens is 2. The van der Waals surface area contributed by atoms with Crippen molar-refractivity contribution in [2.45, 2.75) is 0 Å². The maximum atomic E-state index is 12.2. The molecule has 0 saturated heterocycles. The maximum Gasteiger partial charge on any atom is 0.194 e. The second-order valence-electron chi connectivity index (χ2n) is 3.56. The fraction of sp³-hybridized carbons (Fsp3) is 0. The van der Waals surface area contributed by atoms with Crippen molar-refractivity contribution in [2.24, 2.45) is 0 Å². The van der Waals surface area contributed by atoms with Crippen molar-refractivity contribution in [1.82, 2.24) is 0 Å². The van der Waals surface area contributed by atoms with E-state index in [4.69, 9.17) is 28.9 Å². The summed E-state index contributed by atoms with van der Waals surface area (Å²) in [5.74, 6) is -0.190. The van der Waals surface area contributed by atoms with Crippen molar-refractivity contribution in [2.75, 3.05) is 5.73 Å². The molecular formula is C13H9Cl2NO. The molecule has 0 bridgehead atoms. The van der Waals surface area contributed by atoms with Gasteiger partial charge < -0.3 is 5.73 Å². The second kappa shape index (κ2) is 4.78. The predicted octanol–water partition coefficient (Wildman–Crippen LogP) is 3.81. The van der Waals surface area contributed by atoms with Crippen LogP contribution in [0.3, 0.4) is 0 Å². The molecule has 86 valence electrons. The number of hydrogen-bond acceptors (Lipinski definition) is 2. The summed E-state index contributed by atoms with van der Waals surface area (Å²) in [4.78, 5) is 12.2. The first-order chi connectivity index (χ1) is 8.09. The Morgan fingerprint density at radius 1 is 1.06 bits per heavy atom. The Morgan fingerprint density at radius 3 is 2.47 bits per heavy atom. The molecule has 17 heavy (non-hydrogen) atoms. The van der Waals surface area contributed by atoms with Gasteiger partial charge in [-0.25, -0.2) is 0 Å². The Labute approximate surface area is 109 Å². The van der Waals surface area contributed by atoms with Crippen LogP contribution >= 0.6 is 23.2 Å². The molecule has 0 amide bonds. The summed E-state index contributed by atoms with van der Waals surface area (Å²) in [6.45, 7) is 0. The molecule has 0 aromatic heterocycles. The summed E-state index contributed by atoms with van der Waals surface area (Å²) in [7, 11) is 0. The normalized spacial score (nSPS) is 10.2. The lowest BCUT2D eigenvalue weighted by Crippen LogP contribution is -2.03. The molecule has 0 atom stereocenters. The van der Waals surface area contributed by atoms with Crippen LogP contribution in [0.5, 0.6) is 0 Å². The number of carbonyl (C=O) groups is 1. The van der Waals surface area contributed by atoms with Crippen molar-refractivity contribution in [3.63, 3.8) is 0 Å². The van der Waals surface area contributed by atoms with Crippen LogP contribution in [-0.4, -0.2) is 5.78 Å². The van der Waals surface area contributed by atoms with Gasteiger partial charge in [0.2, 0.25) is 0 Å². The van der Waals surface area contributed by atoms with E-state index in [9.17, 15) is 4.79 Å². The van der Waals surface area contributed by atoms with Crippen LogP contribution in [0.15, 0.2) is 42.5 Å². The SMILES string of the molecule is Nc1cccc(C(=O)c2cccc(Cl)c2Cl)c1. The van der Waals surface area contributed by atoms with Crippen molar-refractivity contribution in [3.8, 4) is 0 Å². The molecule has 0 fully saturated rings. The number of hydrogen-bond donors (Lipinski definition) is 1. The third kappa shape index (κ3) is 2.43. The van der Waals surface area contributed by atoms with E-state index in [0.29, 0.717) is 21.8 Å². The van der Waals surface area contributed by atoms with Gasteiger partial charge in [0.1, 0.15) is 0 Å². The largest absolute Gasteiger partial charge is 0.399 e. The monoisotopic (exact) mass is 265 g/mol. The van der Waals surface area contributed by atoms with Crippen LogP contribution in [0.25, 0.3) is 0 Å². The van der Waals surface area contributed by atoms with E-state index >= 15 is 0 Å². The zero-order valence-electron chi connectivity index (χ0n) is 8.78. The van der Waals surface area contributed by atoms with Gasteiger partial charge in [-0.2, -0.15) is 0 Å². The lowest BCUT2D eigenvalue weighted by molar-refractivity contribution is 0.103. The van der Waals surface area contributed by atoms with Crippen LogP contribution in [0.4, 0.5) is 5.69 Å². The van der Waals surface area contributed by atoms with E-state index < -0.39 is 0 Å².